The van der Waals surface area contributed by atoms with Crippen molar-refractivity contribution in [2.45, 2.75) is 341 Å². The lowest BCUT2D eigenvalue weighted by atomic mass is 10.0. The molecule has 0 aromatic carbocycles. The Hall–Kier alpha value is -3.59. The highest BCUT2D eigenvalue weighted by Crippen LogP contribution is 2.43. The molecule has 10 heteroatoms. The largest absolute Gasteiger partial charge is 0.472 e. The number of hydrogen-bond donors (Lipinski definition) is 2. The summed E-state index contributed by atoms with van der Waals surface area (Å²) in [5, 5.41) is 0. The van der Waals surface area contributed by atoms with Crippen LogP contribution in [0.1, 0.15) is 335 Å². The van der Waals surface area contributed by atoms with Crippen molar-refractivity contribution in [2.75, 3.05) is 26.4 Å². The maximum absolute atomic E-state index is 12.8. The second kappa shape index (κ2) is 73.5. The van der Waals surface area contributed by atoms with E-state index in [1.807, 2.05) is 0 Å². The molecular weight excluding hydrogens is 1120 g/mol. The van der Waals surface area contributed by atoms with Crippen LogP contribution in [0.5, 0.6) is 0 Å². The monoisotopic (exact) mass is 1260 g/mol. The fourth-order valence-corrected chi connectivity index (χ4v) is 11.2. The number of allylic oxidation sites excluding steroid dienone is 20. The van der Waals surface area contributed by atoms with E-state index in [4.69, 9.17) is 24.3 Å². The zero-order valence-electron chi connectivity index (χ0n) is 57.6. The van der Waals surface area contributed by atoms with Gasteiger partial charge in [0.25, 0.3) is 0 Å². The molecule has 0 bridgehead atoms. The zero-order chi connectivity index (χ0) is 64.4. The molecule has 512 valence electrons. The first kappa shape index (κ1) is 85.4. The van der Waals surface area contributed by atoms with E-state index < -0.39 is 26.5 Å². The van der Waals surface area contributed by atoms with Crippen LogP contribution < -0.4 is 5.73 Å². The molecule has 0 aromatic rings. The Morgan fingerprint density at radius 3 is 0.921 bits per heavy atom. The standard InChI is InChI=1S/C79H138NO8P/c1-3-5-7-9-11-13-15-17-19-21-23-25-27-29-31-33-34-35-36-37-38-39-40-41-42-44-46-48-50-52-54-56-58-60-62-64-66-68-70-72-79(82)88-77(76-87-89(83,84)86-74-73-80)75-85-78(81)71-69-67-65-63-61-59-57-55-53-51-49-47-45-43-32-30-28-26-24-22-20-18-16-14-12-10-8-6-4-2/h5,7,11,13,17,19,23,25,29,31,34-35,37-38,40-41,44,46,50,52,77H,3-4,6,8-10,12,14-16,18,20-22,24,26-28,30,32-33,36,39,42-43,45,47-49,51,53-76,80H2,1-2H3,(H,83,84)/b7-5-,13-11-,19-17-,25-23-,31-29-,35-34-,38-37-,41-40-,46-44-,52-50-. The van der Waals surface area contributed by atoms with Crippen LogP contribution in [0.2, 0.25) is 0 Å². The summed E-state index contributed by atoms with van der Waals surface area (Å²) < 4.78 is 33.2. The van der Waals surface area contributed by atoms with Gasteiger partial charge < -0.3 is 20.1 Å². The number of rotatable bonds is 69. The average molecular weight is 1260 g/mol. The van der Waals surface area contributed by atoms with E-state index in [1.54, 1.807) is 0 Å². The van der Waals surface area contributed by atoms with E-state index in [-0.39, 0.29) is 38.6 Å². The second-order valence-corrected chi connectivity index (χ2v) is 25.9. The van der Waals surface area contributed by atoms with Crippen molar-refractivity contribution in [3.63, 3.8) is 0 Å². The van der Waals surface area contributed by atoms with Gasteiger partial charge in [0.2, 0.25) is 0 Å². The van der Waals surface area contributed by atoms with Gasteiger partial charge in [0.05, 0.1) is 13.2 Å². The minimum absolute atomic E-state index is 0.0482. The Bertz CT molecular complexity index is 1880. The number of phosphoric acid groups is 1. The van der Waals surface area contributed by atoms with Crippen LogP contribution >= 0.6 is 7.82 Å². The van der Waals surface area contributed by atoms with Gasteiger partial charge in [-0.1, -0.05) is 354 Å². The van der Waals surface area contributed by atoms with E-state index >= 15 is 0 Å². The van der Waals surface area contributed by atoms with Crippen LogP contribution in [0.3, 0.4) is 0 Å². The first-order valence-electron chi connectivity index (χ1n) is 37.0. The number of unbranched alkanes of at least 4 members (excludes halogenated alkanes) is 36. The molecule has 2 unspecified atom stereocenters. The van der Waals surface area contributed by atoms with Gasteiger partial charge in [-0.15, -0.1) is 0 Å². The van der Waals surface area contributed by atoms with Crippen LogP contribution in [0, 0.1) is 0 Å². The van der Waals surface area contributed by atoms with Gasteiger partial charge in [-0.25, -0.2) is 4.57 Å². The molecular formula is C79H138NO8P. The van der Waals surface area contributed by atoms with Crippen molar-refractivity contribution in [3.05, 3.63) is 122 Å². The van der Waals surface area contributed by atoms with Crippen LogP contribution in [0.25, 0.3) is 0 Å². The zero-order valence-corrected chi connectivity index (χ0v) is 58.5. The smallest absolute Gasteiger partial charge is 0.462 e. The number of esters is 2. The highest BCUT2D eigenvalue weighted by molar-refractivity contribution is 7.47. The number of carbonyl (C=O) groups excluding carboxylic acids is 2. The predicted molar refractivity (Wildman–Crippen MR) is 385 cm³/mol. The summed E-state index contributed by atoms with van der Waals surface area (Å²) in [6.45, 7) is 3.66. The SMILES string of the molecule is CC/C=C\C/C=C\C/C=C\C/C=C\C/C=C\C/C=C\C/C=C\C/C=C\C/C=C\C/C=C\CCCCCCCCCCC(=O)OC(COC(=O)CCCCCCCCCCCCCCCCCCCCCCCCCCCCCCC)COP(=O)(O)OCCN. The lowest BCUT2D eigenvalue weighted by Crippen LogP contribution is -2.29. The van der Waals surface area contributed by atoms with Crippen molar-refractivity contribution in [1.82, 2.24) is 0 Å². The Labute approximate surface area is 549 Å². The predicted octanol–water partition coefficient (Wildman–Crippen LogP) is 24.6. The molecule has 0 heterocycles. The molecule has 0 fully saturated rings. The summed E-state index contributed by atoms with van der Waals surface area (Å²) in [6, 6.07) is 0. The van der Waals surface area contributed by atoms with Gasteiger partial charge in [0.15, 0.2) is 6.10 Å². The maximum Gasteiger partial charge on any atom is 0.472 e. The third-order valence-electron chi connectivity index (χ3n) is 15.9. The quantitative estimate of drug-likeness (QED) is 0.0264. The molecule has 89 heavy (non-hydrogen) atoms. The molecule has 3 N–H and O–H groups in total. The van der Waals surface area contributed by atoms with Gasteiger partial charge in [0.1, 0.15) is 6.61 Å². The average Bonchev–Trinajstić information content (AvgIpc) is 3.68. The van der Waals surface area contributed by atoms with Crippen molar-refractivity contribution in [3.8, 4) is 0 Å². The molecule has 0 aliphatic heterocycles. The van der Waals surface area contributed by atoms with Gasteiger partial charge in [-0.2, -0.15) is 0 Å². The summed E-state index contributed by atoms with van der Waals surface area (Å²) in [4.78, 5) is 35.4. The van der Waals surface area contributed by atoms with Crippen molar-refractivity contribution >= 4 is 19.8 Å². The molecule has 0 spiro atoms. The third-order valence-corrected chi connectivity index (χ3v) is 16.8. The first-order chi connectivity index (χ1) is 43.8. The summed E-state index contributed by atoms with van der Waals surface area (Å²) in [5.74, 6) is -0.830. The molecule has 2 atom stereocenters. The minimum Gasteiger partial charge on any atom is -0.462 e. The van der Waals surface area contributed by atoms with Gasteiger partial charge in [-0.05, 0) is 89.9 Å². The Morgan fingerprint density at radius 1 is 0.348 bits per heavy atom. The van der Waals surface area contributed by atoms with Crippen LogP contribution in [-0.2, 0) is 32.7 Å². The number of ether oxygens (including phenoxy) is 2. The summed E-state index contributed by atoms with van der Waals surface area (Å²) >= 11 is 0. The Balaban J connectivity index is 3.92. The molecule has 0 aliphatic rings. The van der Waals surface area contributed by atoms with Gasteiger partial charge >= 0.3 is 19.8 Å². The second-order valence-electron chi connectivity index (χ2n) is 24.4. The van der Waals surface area contributed by atoms with E-state index in [0.717, 1.165) is 109 Å². The Morgan fingerprint density at radius 2 is 0.618 bits per heavy atom. The minimum atomic E-state index is -4.40. The molecule has 0 saturated heterocycles. The number of hydrogen-bond acceptors (Lipinski definition) is 8. The van der Waals surface area contributed by atoms with Crippen molar-refractivity contribution in [2.24, 2.45) is 5.73 Å². The first-order valence-corrected chi connectivity index (χ1v) is 38.5. The summed E-state index contributed by atoms with van der Waals surface area (Å²) in [7, 11) is -4.40. The number of carbonyl (C=O) groups is 2. The highest BCUT2D eigenvalue weighted by Gasteiger charge is 2.26. The molecule has 9 nitrogen and oxygen atoms in total. The third kappa shape index (κ3) is 73.3. The molecule has 0 aliphatic carbocycles. The number of nitrogens with two attached hydrogens (primary N) is 1. The van der Waals surface area contributed by atoms with Crippen LogP contribution in [-0.4, -0.2) is 49.3 Å². The van der Waals surface area contributed by atoms with Gasteiger partial charge in [-0.3, -0.25) is 18.6 Å². The van der Waals surface area contributed by atoms with E-state index in [2.05, 4.69) is 135 Å². The topological polar surface area (TPSA) is 134 Å². The maximum atomic E-state index is 12.8. The molecule has 0 rings (SSSR count). The lowest BCUT2D eigenvalue weighted by Gasteiger charge is -2.19. The van der Waals surface area contributed by atoms with Crippen molar-refractivity contribution < 1.29 is 37.6 Å². The number of phosphoric ester groups is 1. The molecule has 0 aromatic heterocycles. The van der Waals surface area contributed by atoms with Crippen LogP contribution in [0.4, 0.5) is 0 Å². The van der Waals surface area contributed by atoms with E-state index in [0.29, 0.717) is 6.42 Å². The molecule has 0 saturated carbocycles. The van der Waals surface area contributed by atoms with Crippen molar-refractivity contribution in [1.29, 1.82) is 0 Å². The summed E-state index contributed by atoms with van der Waals surface area (Å²) in [5.41, 5.74) is 5.41. The summed E-state index contributed by atoms with van der Waals surface area (Å²) in [6.07, 6.45) is 103. The fourth-order valence-electron chi connectivity index (χ4n) is 10.4. The molecule has 0 radical (unpaired) electrons. The lowest BCUT2D eigenvalue weighted by molar-refractivity contribution is -0.161. The van der Waals surface area contributed by atoms with Gasteiger partial charge in [0, 0.05) is 19.4 Å². The van der Waals surface area contributed by atoms with Crippen LogP contribution in [0.15, 0.2) is 122 Å². The fraction of sp³-hybridized carbons (Fsp3) is 0.722. The molecule has 0 amide bonds. The normalized spacial score (nSPS) is 13.6. The highest BCUT2D eigenvalue weighted by atomic mass is 31.2. The Kier molecular flexibility index (Phi) is 70.5. The van der Waals surface area contributed by atoms with E-state index in [9.17, 15) is 19.0 Å². The van der Waals surface area contributed by atoms with E-state index in [1.165, 1.54) is 193 Å².